The summed E-state index contributed by atoms with van der Waals surface area (Å²) in [6.07, 6.45) is 8.61. The molecule has 0 aliphatic carbocycles. The molecule has 0 aromatic rings. The maximum atomic E-state index is 11.9. The van der Waals surface area contributed by atoms with Crippen molar-refractivity contribution in [3.63, 3.8) is 0 Å². The molecule has 1 saturated heterocycles. The molecular weight excluding hydrogens is 516 g/mol. The Morgan fingerprint density at radius 3 is 2.27 bits per heavy atom. The van der Waals surface area contributed by atoms with Crippen molar-refractivity contribution in [3.8, 4) is 0 Å². The molecule has 0 aromatic carbocycles. The summed E-state index contributed by atoms with van der Waals surface area (Å²) < 4.78 is 10.9. The second-order valence-corrected chi connectivity index (χ2v) is 11.3. The molecular formula is C31H46O9. The van der Waals surface area contributed by atoms with Gasteiger partial charge in [-0.1, -0.05) is 50.6 Å². The smallest absolute Gasteiger partial charge is 0.303 e. The van der Waals surface area contributed by atoms with Crippen molar-refractivity contribution in [3.05, 3.63) is 36.0 Å². The van der Waals surface area contributed by atoms with Crippen molar-refractivity contribution in [1.29, 1.82) is 0 Å². The molecule has 0 unspecified atom stereocenters. The molecule has 2 N–H and O–H groups in total. The Bertz CT molecular complexity index is 989. The van der Waals surface area contributed by atoms with E-state index in [0.717, 1.165) is 11.9 Å². The highest BCUT2D eigenvalue weighted by Crippen LogP contribution is 2.36. The second kappa shape index (κ2) is 15.9. The fraction of sp³-hybridized carbons (Fsp3) is 0.645. The Morgan fingerprint density at radius 1 is 1.07 bits per heavy atom. The minimum absolute atomic E-state index is 0.0163. The summed E-state index contributed by atoms with van der Waals surface area (Å²) in [5.41, 5.74) is -2.00. The van der Waals surface area contributed by atoms with Gasteiger partial charge >= 0.3 is 5.97 Å². The summed E-state index contributed by atoms with van der Waals surface area (Å²) >= 11 is 0. The molecule has 1 fully saturated rings. The summed E-state index contributed by atoms with van der Waals surface area (Å²) in [6.45, 7) is 11.6. The topological polar surface area (TPSA) is 148 Å². The van der Waals surface area contributed by atoms with Crippen LogP contribution < -0.4 is 0 Å². The van der Waals surface area contributed by atoms with Gasteiger partial charge in [0.25, 0.3) is 0 Å². The van der Waals surface area contributed by atoms with Crippen LogP contribution in [0.1, 0.15) is 80.6 Å². The molecule has 40 heavy (non-hydrogen) atoms. The molecule has 0 bridgehead atoms. The van der Waals surface area contributed by atoms with E-state index in [0.29, 0.717) is 19.1 Å². The van der Waals surface area contributed by atoms with E-state index in [1.165, 1.54) is 19.9 Å². The highest BCUT2D eigenvalue weighted by molar-refractivity contribution is 5.89. The number of esters is 1. The predicted octanol–water partition coefficient (Wildman–Crippen LogP) is 3.64. The minimum atomic E-state index is -1.57. The second-order valence-electron chi connectivity index (χ2n) is 11.3. The van der Waals surface area contributed by atoms with E-state index >= 15 is 0 Å². The van der Waals surface area contributed by atoms with E-state index in [-0.39, 0.29) is 54.9 Å². The zero-order chi connectivity index (χ0) is 30.7. The third-order valence-corrected chi connectivity index (χ3v) is 7.35. The van der Waals surface area contributed by atoms with Crippen LogP contribution in [0.3, 0.4) is 0 Å². The molecule has 1 aliphatic heterocycles. The fourth-order valence-corrected chi connectivity index (χ4v) is 4.58. The Balaban J connectivity index is 2.87. The molecule has 8 atom stereocenters. The van der Waals surface area contributed by atoms with Crippen LogP contribution in [-0.2, 0) is 33.4 Å². The lowest BCUT2D eigenvalue weighted by molar-refractivity contribution is -0.156. The molecule has 224 valence electrons. The van der Waals surface area contributed by atoms with Crippen LogP contribution in [0.4, 0.5) is 0 Å². The van der Waals surface area contributed by atoms with Crippen molar-refractivity contribution < 1.29 is 43.7 Å². The van der Waals surface area contributed by atoms with Gasteiger partial charge in [-0.3, -0.25) is 14.4 Å². The average molecular weight is 563 g/mol. The van der Waals surface area contributed by atoms with Crippen LogP contribution in [-0.4, -0.2) is 69.8 Å². The molecule has 1 rings (SSSR count). The largest absolute Gasteiger partial charge is 0.455 e. The number of carbonyl (C=O) groups excluding carboxylic acids is 5. The van der Waals surface area contributed by atoms with Gasteiger partial charge in [0.1, 0.15) is 35.8 Å². The van der Waals surface area contributed by atoms with E-state index in [2.05, 4.69) is 0 Å². The number of epoxide rings is 1. The van der Waals surface area contributed by atoms with E-state index in [4.69, 9.17) is 9.47 Å². The molecule has 1 heterocycles. The van der Waals surface area contributed by atoms with Crippen molar-refractivity contribution in [1.82, 2.24) is 0 Å². The number of hydrogen-bond donors (Lipinski definition) is 2. The Hall–Kier alpha value is -2.75. The van der Waals surface area contributed by atoms with Gasteiger partial charge in [0.15, 0.2) is 0 Å². The minimum Gasteiger partial charge on any atom is -0.455 e. The van der Waals surface area contributed by atoms with Gasteiger partial charge in [-0.25, -0.2) is 0 Å². The van der Waals surface area contributed by atoms with Gasteiger partial charge in [0.2, 0.25) is 0 Å². The number of ketones is 2. The molecule has 9 heteroatoms. The monoisotopic (exact) mass is 562 g/mol. The lowest BCUT2D eigenvalue weighted by Gasteiger charge is -2.30. The van der Waals surface area contributed by atoms with Gasteiger partial charge in [0, 0.05) is 38.0 Å². The third kappa shape index (κ3) is 11.8. The number of hydrogen-bond acceptors (Lipinski definition) is 9. The van der Waals surface area contributed by atoms with Crippen LogP contribution in [0.15, 0.2) is 36.0 Å². The van der Waals surface area contributed by atoms with Crippen molar-refractivity contribution in [2.24, 2.45) is 17.8 Å². The van der Waals surface area contributed by atoms with Crippen LogP contribution in [0.5, 0.6) is 0 Å². The summed E-state index contributed by atoms with van der Waals surface area (Å²) in [7, 11) is 0. The zero-order valence-corrected chi connectivity index (χ0v) is 24.8. The highest BCUT2D eigenvalue weighted by atomic mass is 16.6. The molecule has 1 aliphatic rings. The first-order chi connectivity index (χ1) is 18.6. The first kappa shape index (κ1) is 35.3. The lowest BCUT2D eigenvalue weighted by Crippen LogP contribution is -2.41. The van der Waals surface area contributed by atoms with E-state index in [9.17, 15) is 34.2 Å². The van der Waals surface area contributed by atoms with Gasteiger partial charge in [0.05, 0.1) is 24.2 Å². The van der Waals surface area contributed by atoms with Crippen molar-refractivity contribution in [2.75, 3.05) is 0 Å². The summed E-state index contributed by atoms with van der Waals surface area (Å²) in [5.74, 6) is -1.86. The fourth-order valence-electron chi connectivity index (χ4n) is 4.58. The van der Waals surface area contributed by atoms with Crippen LogP contribution in [0.25, 0.3) is 0 Å². The van der Waals surface area contributed by atoms with Crippen LogP contribution in [0, 0.1) is 17.8 Å². The number of aliphatic hydroxyl groups is 2. The molecule has 0 aromatic heterocycles. The molecule has 0 saturated carbocycles. The Morgan fingerprint density at radius 2 is 1.73 bits per heavy atom. The number of aldehydes is 2. The first-order valence-electron chi connectivity index (χ1n) is 13.8. The van der Waals surface area contributed by atoms with E-state index in [1.54, 1.807) is 38.2 Å². The molecule has 0 spiro atoms. The normalized spacial score (nSPS) is 23.5. The van der Waals surface area contributed by atoms with Gasteiger partial charge in [-0.05, 0) is 39.2 Å². The summed E-state index contributed by atoms with van der Waals surface area (Å²) in [4.78, 5) is 57.8. The quantitative estimate of drug-likeness (QED) is 0.0601. The zero-order valence-electron chi connectivity index (χ0n) is 24.8. The Kier molecular flexibility index (Phi) is 14.0. The van der Waals surface area contributed by atoms with Gasteiger partial charge in [-0.2, -0.15) is 0 Å². The SMILES string of the molecule is CCC(=O)[C@@H](C)[C@H]1O[C@@H]1C[C@](C)(O)/C=C/C=C(\C)[C@@H](C=O)[C@@H](C)/C=C/[C@H](OC(C)=O)[C@@](C)(O)CCC(=O)CC=O. The third-order valence-electron chi connectivity index (χ3n) is 7.35. The van der Waals surface area contributed by atoms with Crippen molar-refractivity contribution >= 4 is 30.1 Å². The first-order valence-corrected chi connectivity index (χ1v) is 13.8. The van der Waals surface area contributed by atoms with Gasteiger partial charge < -0.3 is 29.3 Å². The van der Waals surface area contributed by atoms with E-state index < -0.39 is 29.2 Å². The van der Waals surface area contributed by atoms with E-state index in [1.807, 2.05) is 20.8 Å². The number of allylic oxidation sites excluding steroid dienone is 4. The number of rotatable bonds is 19. The van der Waals surface area contributed by atoms with Crippen LogP contribution >= 0.6 is 0 Å². The number of Topliss-reactive ketones (excluding diaryl/α,β-unsaturated/α-hetero) is 2. The van der Waals surface area contributed by atoms with Crippen LogP contribution in [0.2, 0.25) is 0 Å². The van der Waals surface area contributed by atoms with Gasteiger partial charge in [-0.15, -0.1) is 0 Å². The average Bonchev–Trinajstić information content (AvgIpc) is 3.62. The highest BCUT2D eigenvalue weighted by Gasteiger charge is 2.47. The van der Waals surface area contributed by atoms with Crippen molar-refractivity contribution in [2.45, 2.75) is 110 Å². The molecule has 9 nitrogen and oxygen atoms in total. The predicted molar refractivity (Wildman–Crippen MR) is 150 cm³/mol. The maximum Gasteiger partial charge on any atom is 0.303 e. The summed E-state index contributed by atoms with van der Waals surface area (Å²) in [6, 6.07) is 0. The number of ether oxygens (including phenoxy) is 2. The molecule has 0 radical (unpaired) electrons. The lowest BCUT2D eigenvalue weighted by atomic mass is 9.86. The maximum absolute atomic E-state index is 11.9. The summed E-state index contributed by atoms with van der Waals surface area (Å²) in [5, 5.41) is 21.7. The Labute approximate surface area is 237 Å². The molecule has 0 amide bonds. The number of carbonyl (C=O) groups is 5. The standard InChI is InChI=1S/C31H46O9/c1-8-26(36)22(4)29-27(40-29)18-30(6,37)15-9-10-20(2)25(19-33)21(3)11-12-28(39-23(5)34)31(7,38)16-13-24(35)14-17-32/h9-12,15,17,19,21-22,25,27-29,37-38H,8,13-14,16,18H2,1-7H3/b12-11+,15-9+,20-10+/t21-,22+,25+,27+,28-,29+,30+,31-/m0/s1.